The fourth-order valence-electron chi connectivity index (χ4n) is 1.47. The third kappa shape index (κ3) is 3.22. The largest absolute Gasteiger partial charge is 0.477 e. The Labute approximate surface area is 104 Å². The van der Waals surface area contributed by atoms with Gasteiger partial charge in [0, 0.05) is 24.2 Å². The molecule has 0 bridgehead atoms. The van der Waals surface area contributed by atoms with Crippen molar-refractivity contribution in [2.75, 3.05) is 5.32 Å². The van der Waals surface area contributed by atoms with E-state index >= 15 is 0 Å². The number of rotatable bonds is 5. The maximum absolute atomic E-state index is 10.8. The van der Waals surface area contributed by atoms with Gasteiger partial charge in [-0.2, -0.15) is 0 Å². The molecule has 1 atom stereocenters. The molecule has 0 aliphatic rings. The minimum absolute atomic E-state index is 0.0507. The van der Waals surface area contributed by atoms with Crippen LogP contribution < -0.4 is 5.32 Å². The number of nitro benzene ring substituents is 1. The van der Waals surface area contributed by atoms with E-state index in [1.165, 1.54) is 18.2 Å². The van der Waals surface area contributed by atoms with Gasteiger partial charge in [-0.05, 0) is 19.1 Å². The number of carbonyl (C=O) groups is 1. The van der Waals surface area contributed by atoms with Crippen molar-refractivity contribution in [3.05, 3.63) is 33.9 Å². The van der Waals surface area contributed by atoms with Crippen LogP contribution in [-0.4, -0.2) is 22.0 Å². The van der Waals surface area contributed by atoms with Crippen LogP contribution in [-0.2, 0) is 0 Å². The lowest BCUT2D eigenvalue weighted by Crippen LogP contribution is -2.14. The number of nitrogens with zero attached hydrogens (tertiary/aromatic N) is 1. The lowest BCUT2D eigenvalue weighted by atomic mass is 10.1. The van der Waals surface area contributed by atoms with Gasteiger partial charge in [-0.15, -0.1) is 12.3 Å². The topological polar surface area (TPSA) is 92.5 Å². The van der Waals surface area contributed by atoms with Gasteiger partial charge >= 0.3 is 5.97 Å². The predicted molar refractivity (Wildman–Crippen MR) is 66.6 cm³/mol. The van der Waals surface area contributed by atoms with Gasteiger partial charge in [0.1, 0.15) is 5.56 Å². The minimum atomic E-state index is -1.33. The van der Waals surface area contributed by atoms with E-state index in [9.17, 15) is 14.9 Å². The molecule has 1 aromatic rings. The molecule has 6 heteroatoms. The molecule has 0 spiro atoms. The van der Waals surface area contributed by atoms with Crippen molar-refractivity contribution in [2.24, 2.45) is 0 Å². The SMILES string of the molecule is C#CCC(C)Nc1ccc(C(=O)O)c([N+](=O)[O-])c1. The van der Waals surface area contributed by atoms with Crippen molar-refractivity contribution in [2.45, 2.75) is 19.4 Å². The maximum Gasteiger partial charge on any atom is 0.342 e. The van der Waals surface area contributed by atoms with Crippen molar-refractivity contribution in [1.29, 1.82) is 0 Å². The van der Waals surface area contributed by atoms with Gasteiger partial charge < -0.3 is 10.4 Å². The summed E-state index contributed by atoms with van der Waals surface area (Å²) in [5, 5.41) is 22.6. The monoisotopic (exact) mass is 248 g/mol. The molecular formula is C12H12N2O4. The van der Waals surface area contributed by atoms with E-state index in [-0.39, 0.29) is 11.6 Å². The fourth-order valence-corrected chi connectivity index (χ4v) is 1.47. The molecule has 0 heterocycles. The number of hydrogen-bond donors (Lipinski definition) is 2. The van der Waals surface area contributed by atoms with E-state index in [0.717, 1.165) is 0 Å². The highest BCUT2D eigenvalue weighted by atomic mass is 16.6. The second-order valence-electron chi connectivity index (χ2n) is 3.75. The summed E-state index contributed by atoms with van der Waals surface area (Å²) in [6.45, 7) is 1.83. The first-order valence-corrected chi connectivity index (χ1v) is 5.17. The quantitative estimate of drug-likeness (QED) is 0.473. The molecule has 0 aliphatic heterocycles. The van der Waals surface area contributed by atoms with Gasteiger partial charge in [-0.1, -0.05) is 0 Å². The van der Waals surface area contributed by atoms with Gasteiger partial charge in [0.05, 0.1) is 4.92 Å². The Kier molecular flexibility index (Phi) is 4.27. The standard InChI is InChI=1S/C12H12N2O4/c1-3-4-8(2)13-9-5-6-10(12(15)16)11(7-9)14(17)18/h1,5-8,13H,4H2,2H3,(H,15,16). The van der Waals surface area contributed by atoms with Gasteiger partial charge in [-0.3, -0.25) is 10.1 Å². The van der Waals surface area contributed by atoms with Crippen molar-refractivity contribution in [3.63, 3.8) is 0 Å². The summed E-state index contributed by atoms with van der Waals surface area (Å²) < 4.78 is 0. The van der Waals surface area contributed by atoms with Gasteiger partial charge in [0.2, 0.25) is 0 Å². The molecule has 0 saturated carbocycles. The number of nitro groups is 1. The zero-order chi connectivity index (χ0) is 13.7. The first-order chi connectivity index (χ1) is 8.45. The number of anilines is 1. The molecule has 6 nitrogen and oxygen atoms in total. The molecule has 0 aromatic heterocycles. The Morgan fingerprint density at radius 3 is 2.83 bits per heavy atom. The molecule has 1 rings (SSSR count). The molecule has 0 fully saturated rings. The molecule has 94 valence electrons. The van der Waals surface area contributed by atoms with E-state index in [0.29, 0.717) is 12.1 Å². The van der Waals surface area contributed by atoms with Crippen LogP contribution in [0.15, 0.2) is 18.2 Å². The van der Waals surface area contributed by atoms with Gasteiger partial charge in [0.25, 0.3) is 5.69 Å². The lowest BCUT2D eigenvalue weighted by Gasteiger charge is -2.12. The average molecular weight is 248 g/mol. The Hall–Kier alpha value is -2.55. The Morgan fingerprint density at radius 2 is 2.33 bits per heavy atom. The maximum atomic E-state index is 10.8. The van der Waals surface area contributed by atoms with E-state index in [4.69, 9.17) is 11.5 Å². The number of aromatic carboxylic acids is 1. The predicted octanol–water partition coefficient (Wildman–Crippen LogP) is 2.12. The summed E-state index contributed by atoms with van der Waals surface area (Å²) in [4.78, 5) is 20.9. The second-order valence-corrected chi connectivity index (χ2v) is 3.75. The number of carboxylic acid groups (broad SMARTS) is 1. The van der Waals surface area contributed by atoms with Crippen LogP contribution in [0.1, 0.15) is 23.7 Å². The van der Waals surface area contributed by atoms with E-state index < -0.39 is 16.6 Å². The van der Waals surface area contributed by atoms with Crippen LogP contribution in [0.4, 0.5) is 11.4 Å². The molecule has 0 aliphatic carbocycles. The van der Waals surface area contributed by atoms with Crippen LogP contribution in [0.5, 0.6) is 0 Å². The van der Waals surface area contributed by atoms with Gasteiger partial charge in [0.15, 0.2) is 0 Å². The minimum Gasteiger partial charge on any atom is -0.477 e. The Balaban J connectivity index is 3.05. The van der Waals surface area contributed by atoms with E-state index in [2.05, 4.69) is 11.2 Å². The van der Waals surface area contributed by atoms with Crippen molar-refractivity contribution in [3.8, 4) is 12.3 Å². The summed E-state index contributed by atoms with van der Waals surface area (Å²) in [5.74, 6) is 1.14. The third-order valence-corrected chi connectivity index (χ3v) is 2.26. The molecule has 0 radical (unpaired) electrons. The first kappa shape index (κ1) is 13.5. The molecule has 18 heavy (non-hydrogen) atoms. The summed E-state index contributed by atoms with van der Waals surface area (Å²) in [5.41, 5.74) is -0.315. The Bertz CT molecular complexity index is 519. The van der Waals surface area contributed by atoms with Crippen molar-refractivity contribution in [1.82, 2.24) is 0 Å². The number of hydrogen-bond acceptors (Lipinski definition) is 4. The Morgan fingerprint density at radius 1 is 1.67 bits per heavy atom. The first-order valence-electron chi connectivity index (χ1n) is 5.17. The van der Waals surface area contributed by atoms with Gasteiger partial charge in [-0.25, -0.2) is 4.79 Å². The second kappa shape index (κ2) is 5.68. The number of terminal acetylenes is 1. The zero-order valence-corrected chi connectivity index (χ0v) is 9.71. The lowest BCUT2D eigenvalue weighted by molar-refractivity contribution is -0.385. The van der Waals surface area contributed by atoms with Crippen LogP contribution in [0, 0.1) is 22.5 Å². The summed E-state index contributed by atoms with van der Waals surface area (Å²) in [6.07, 6.45) is 5.62. The zero-order valence-electron chi connectivity index (χ0n) is 9.71. The highest BCUT2D eigenvalue weighted by Gasteiger charge is 2.20. The van der Waals surface area contributed by atoms with E-state index in [1.807, 2.05) is 6.92 Å². The average Bonchev–Trinajstić information content (AvgIpc) is 2.28. The molecule has 1 unspecified atom stereocenters. The van der Waals surface area contributed by atoms with Crippen molar-refractivity contribution >= 4 is 17.3 Å². The van der Waals surface area contributed by atoms with Crippen LogP contribution in [0.25, 0.3) is 0 Å². The normalized spacial score (nSPS) is 11.3. The molecule has 0 saturated heterocycles. The molecule has 0 amide bonds. The summed E-state index contributed by atoms with van der Waals surface area (Å²) in [7, 11) is 0. The number of carboxylic acids is 1. The fraction of sp³-hybridized carbons (Fsp3) is 0.250. The number of benzene rings is 1. The number of nitrogens with one attached hydrogen (secondary N) is 1. The third-order valence-electron chi connectivity index (χ3n) is 2.26. The summed E-state index contributed by atoms with van der Waals surface area (Å²) in [6, 6.07) is 3.82. The van der Waals surface area contributed by atoms with Crippen LogP contribution in [0.2, 0.25) is 0 Å². The van der Waals surface area contributed by atoms with Crippen LogP contribution >= 0.6 is 0 Å². The van der Waals surface area contributed by atoms with Crippen LogP contribution in [0.3, 0.4) is 0 Å². The molecule has 2 N–H and O–H groups in total. The molecule has 1 aromatic carbocycles. The van der Waals surface area contributed by atoms with Crippen molar-refractivity contribution < 1.29 is 14.8 Å². The molecular weight excluding hydrogens is 236 g/mol. The van der Waals surface area contributed by atoms with E-state index in [1.54, 1.807) is 0 Å². The highest BCUT2D eigenvalue weighted by molar-refractivity contribution is 5.93. The summed E-state index contributed by atoms with van der Waals surface area (Å²) >= 11 is 0. The highest BCUT2D eigenvalue weighted by Crippen LogP contribution is 2.23. The smallest absolute Gasteiger partial charge is 0.342 e.